The lowest BCUT2D eigenvalue weighted by atomic mass is 10.1. The van der Waals surface area contributed by atoms with Crippen LogP contribution >= 0.6 is 0 Å². The van der Waals surface area contributed by atoms with Crippen LogP contribution in [0.3, 0.4) is 0 Å². The van der Waals surface area contributed by atoms with Gasteiger partial charge >= 0.3 is 11.9 Å². The van der Waals surface area contributed by atoms with Crippen LogP contribution in [0.5, 0.6) is 0 Å². The van der Waals surface area contributed by atoms with Crippen molar-refractivity contribution in [2.45, 2.75) is 20.8 Å². The third-order valence-corrected chi connectivity index (χ3v) is 3.96. The van der Waals surface area contributed by atoms with Crippen LogP contribution in [-0.2, 0) is 14.3 Å². The third-order valence-electron chi connectivity index (χ3n) is 3.96. The fourth-order valence-corrected chi connectivity index (χ4v) is 2.72. The number of H-pyrrole nitrogens is 1. The summed E-state index contributed by atoms with van der Waals surface area (Å²) in [6.45, 7) is 5.47. The van der Waals surface area contributed by atoms with Gasteiger partial charge in [-0.2, -0.15) is 0 Å². The van der Waals surface area contributed by atoms with Gasteiger partial charge in [0.25, 0.3) is 0 Å². The van der Waals surface area contributed by atoms with Gasteiger partial charge in [-0.25, -0.2) is 19.0 Å². The normalized spacial score (nSPS) is 15.2. The monoisotopic (exact) mass is 356 g/mol. The van der Waals surface area contributed by atoms with Crippen LogP contribution in [0.15, 0.2) is 35.0 Å². The van der Waals surface area contributed by atoms with E-state index in [-0.39, 0.29) is 23.8 Å². The van der Waals surface area contributed by atoms with Crippen molar-refractivity contribution < 1.29 is 23.5 Å². The Hall–Kier alpha value is -3.22. The molecule has 0 atom stereocenters. The maximum Gasteiger partial charge on any atom is 0.363 e. The van der Waals surface area contributed by atoms with Gasteiger partial charge in [0.1, 0.15) is 5.82 Å². The number of aromatic amines is 1. The summed E-state index contributed by atoms with van der Waals surface area (Å²) < 4.78 is 24.0. The number of hydrogen-bond acceptors (Lipinski definition) is 5. The Morgan fingerprint density at radius 3 is 2.77 bits per heavy atom. The largest absolute Gasteiger partial charge is 0.462 e. The van der Waals surface area contributed by atoms with Gasteiger partial charge in [0.2, 0.25) is 5.90 Å². The van der Waals surface area contributed by atoms with E-state index in [0.29, 0.717) is 22.5 Å². The van der Waals surface area contributed by atoms with Crippen LogP contribution in [0.1, 0.15) is 39.8 Å². The molecule has 1 N–H and O–H groups in total. The summed E-state index contributed by atoms with van der Waals surface area (Å²) in [5.41, 5.74) is 2.34. The highest BCUT2D eigenvalue weighted by molar-refractivity contribution is 6.13. The highest BCUT2D eigenvalue weighted by Crippen LogP contribution is 2.24. The van der Waals surface area contributed by atoms with E-state index >= 15 is 0 Å². The summed E-state index contributed by atoms with van der Waals surface area (Å²) in [7, 11) is 0. The summed E-state index contributed by atoms with van der Waals surface area (Å²) in [4.78, 5) is 31.3. The maximum atomic E-state index is 13.9. The van der Waals surface area contributed by atoms with E-state index in [0.717, 1.165) is 0 Å². The second-order valence-corrected chi connectivity index (χ2v) is 5.70. The molecule has 0 fully saturated rings. The average molecular weight is 356 g/mol. The molecule has 3 rings (SSSR count). The van der Waals surface area contributed by atoms with Gasteiger partial charge in [-0.15, -0.1) is 0 Å². The molecule has 0 amide bonds. The summed E-state index contributed by atoms with van der Waals surface area (Å²) in [5.74, 6) is -1.75. The highest BCUT2D eigenvalue weighted by atomic mass is 19.1. The number of aryl methyl sites for hydroxylation is 1. The van der Waals surface area contributed by atoms with Crippen molar-refractivity contribution in [3.63, 3.8) is 0 Å². The number of nitrogens with one attached hydrogen (secondary N) is 1. The predicted molar refractivity (Wildman–Crippen MR) is 93.2 cm³/mol. The van der Waals surface area contributed by atoms with Crippen molar-refractivity contribution >= 4 is 23.9 Å². The first-order valence-electron chi connectivity index (χ1n) is 8.06. The molecule has 2 aromatic rings. The number of esters is 2. The Morgan fingerprint density at radius 1 is 1.35 bits per heavy atom. The Balaban J connectivity index is 1.98. The zero-order valence-corrected chi connectivity index (χ0v) is 14.6. The second kappa shape index (κ2) is 6.95. The van der Waals surface area contributed by atoms with Crippen molar-refractivity contribution in [3.05, 3.63) is 63.9 Å². The molecule has 1 aromatic heterocycles. The number of aliphatic imine (C=N–C) groups is 1. The van der Waals surface area contributed by atoms with E-state index in [1.54, 1.807) is 26.8 Å². The fraction of sp³-hybridized carbons (Fsp3) is 0.211. The van der Waals surface area contributed by atoms with Crippen LogP contribution in [0.4, 0.5) is 4.39 Å². The molecule has 0 saturated carbocycles. The van der Waals surface area contributed by atoms with Gasteiger partial charge in [-0.1, -0.05) is 12.1 Å². The minimum Gasteiger partial charge on any atom is -0.462 e. The van der Waals surface area contributed by atoms with Gasteiger partial charge < -0.3 is 14.5 Å². The number of ether oxygens (including phenoxy) is 2. The molecule has 1 aliphatic rings. The van der Waals surface area contributed by atoms with E-state index in [1.165, 1.54) is 24.3 Å². The van der Waals surface area contributed by atoms with E-state index in [4.69, 9.17) is 9.47 Å². The fourth-order valence-electron chi connectivity index (χ4n) is 2.72. The molecular formula is C19H17FN2O4. The van der Waals surface area contributed by atoms with Gasteiger partial charge in [0.15, 0.2) is 5.70 Å². The Kier molecular flexibility index (Phi) is 4.71. The lowest BCUT2D eigenvalue weighted by molar-refractivity contribution is -0.129. The Bertz CT molecular complexity index is 956. The van der Waals surface area contributed by atoms with E-state index in [1.807, 2.05) is 0 Å². The number of hydrogen-bond donors (Lipinski definition) is 1. The smallest absolute Gasteiger partial charge is 0.363 e. The van der Waals surface area contributed by atoms with E-state index in [2.05, 4.69) is 9.98 Å². The van der Waals surface area contributed by atoms with Crippen molar-refractivity contribution in [3.8, 4) is 0 Å². The quantitative estimate of drug-likeness (QED) is 0.673. The molecule has 2 heterocycles. The number of nitrogens with zero attached hydrogens (tertiary/aromatic N) is 1. The van der Waals surface area contributed by atoms with Crippen LogP contribution in [0, 0.1) is 19.7 Å². The molecule has 26 heavy (non-hydrogen) atoms. The molecule has 0 aliphatic carbocycles. The number of aromatic nitrogens is 1. The molecule has 0 spiro atoms. The lowest BCUT2D eigenvalue weighted by Crippen LogP contribution is -2.07. The van der Waals surface area contributed by atoms with Gasteiger partial charge in [-0.3, -0.25) is 0 Å². The average Bonchev–Trinajstić information content (AvgIpc) is 3.08. The summed E-state index contributed by atoms with van der Waals surface area (Å²) >= 11 is 0. The summed E-state index contributed by atoms with van der Waals surface area (Å²) in [6.07, 6.45) is 1.47. The van der Waals surface area contributed by atoms with Crippen LogP contribution in [0.2, 0.25) is 0 Å². The molecule has 0 saturated heterocycles. The Morgan fingerprint density at radius 2 is 2.08 bits per heavy atom. The number of carbonyl (C=O) groups is 2. The van der Waals surface area contributed by atoms with E-state index in [9.17, 15) is 14.0 Å². The molecule has 0 unspecified atom stereocenters. The zero-order valence-electron chi connectivity index (χ0n) is 14.6. The van der Waals surface area contributed by atoms with E-state index < -0.39 is 17.8 Å². The van der Waals surface area contributed by atoms with Crippen molar-refractivity contribution in [2.24, 2.45) is 4.99 Å². The first-order valence-corrected chi connectivity index (χ1v) is 8.06. The van der Waals surface area contributed by atoms with Crippen molar-refractivity contribution in [1.82, 2.24) is 4.98 Å². The third kappa shape index (κ3) is 3.15. The topological polar surface area (TPSA) is 80.8 Å². The molecule has 7 heteroatoms. The lowest BCUT2D eigenvalue weighted by Gasteiger charge is -2.01. The van der Waals surface area contributed by atoms with Crippen LogP contribution in [-0.4, -0.2) is 29.4 Å². The maximum absolute atomic E-state index is 13.9. The molecule has 1 aromatic carbocycles. The van der Waals surface area contributed by atoms with Gasteiger partial charge in [0, 0.05) is 11.4 Å². The minimum absolute atomic E-state index is 0.0167. The SMILES string of the molecule is CCOC(=O)c1c(C)[nH]c(/C=C2\N=C(c3ccccc3F)OC2=O)c1C. The van der Waals surface area contributed by atoms with Gasteiger partial charge in [-0.05, 0) is 44.5 Å². The molecule has 134 valence electrons. The molecule has 0 bridgehead atoms. The standard InChI is InChI=1S/C19H17FN2O4/c1-4-25-19(24)16-10(2)14(21-11(16)3)9-15-18(23)26-17(22-15)12-7-5-6-8-13(12)20/h5-9,21H,4H2,1-3H3/b15-9-. The molecule has 0 radical (unpaired) electrons. The number of halogens is 1. The van der Waals surface area contributed by atoms with Gasteiger partial charge in [0.05, 0.1) is 17.7 Å². The molecular weight excluding hydrogens is 339 g/mol. The number of carbonyl (C=O) groups excluding carboxylic acids is 2. The Labute approximate surface area is 149 Å². The zero-order chi connectivity index (χ0) is 18.8. The van der Waals surface area contributed by atoms with Crippen LogP contribution in [0.25, 0.3) is 6.08 Å². The second-order valence-electron chi connectivity index (χ2n) is 5.70. The minimum atomic E-state index is -0.687. The summed E-state index contributed by atoms with van der Waals surface area (Å²) in [6, 6.07) is 5.90. The number of cyclic esters (lactones) is 1. The van der Waals surface area contributed by atoms with Crippen molar-refractivity contribution in [2.75, 3.05) is 6.61 Å². The van der Waals surface area contributed by atoms with Crippen LogP contribution < -0.4 is 0 Å². The van der Waals surface area contributed by atoms with Crippen molar-refractivity contribution in [1.29, 1.82) is 0 Å². The first kappa shape index (κ1) is 17.6. The predicted octanol–water partition coefficient (Wildman–Crippen LogP) is 3.29. The highest BCUT2D eigenvalue weighted by Gasteiger charge is 2.27. The summed E-state index contributed by atoms with van der Waals surface area (Å²) in [5, 5.41) is 0. The number of benzene rings is 1. The molecule has 1 aliphatic heterocycles. The first-order chi connectivity index (χ1) is 12.4. The number of rotatable bonds is 4. The molecule has 6 nitrogen and oxygen atoms in total.